The molecule has 0 radical (unpaired) electrons. The molecule has 0 bridgehead atoms. The lowest BCUT2D eigenvalue weighted by atomic mass is 10.1. The molecule has 2 aliphatic rings. The molecular formula is C16H13ClN2O6S. The number of fused-ring (bicyclic) bond motifs is 1. The molecule has 26 heavy (non-hydrogen) atoms. The summed E-state index contributed by atoms with van der Waals surface area (Å²) in [7, 11) is 0. The number of hydrogen-bond acceptors (Lipinski definition) is 6. The van der Waals surface area contributed by atoms with Crippen molar-refractivity contribution < 1.29 is 29.0 Å². The first-order valence-electron chi connectivity index (χ1n) is 7.46. The number of halogens is 1. The first-order valence-corrected chi connectivity index (χ1v) is 8.89. The fraction of sp³-hybridized carbons (Fsp3) is 0.250. The number of amides is 2. The van der Waals surface area contributed by atoms with Crippen molar-refractivity contribution in [2.75, 3.05) is 12.4 Å². The Kier molecular flexibility index (Phi) is 5.19. The molecule has 2 aliphatic heterocycles. The minimum Gasteiger partial charge on any atom is -0.484 e. The molecule has 0 spiro atoms. The van der Waals surface area contributed by atoms with Crippen LogP contribution in [0.3, 0.4) is 0 Å². The Balaban J connectivity index is 1.56. The highest BCUT2D eigenvalue weighted by molar-refractivity contribution is 8.00. The lowest BCUT2D eigenvalue weighted by Gasteiger charge is -2.48. The summed E-state index contributed by atoms with van der Waals surface area (Å²) < 4.78 is 5.30. The molecule has 8 nitrogen and oxygen atoms in total. The van der Waals surface area contributed by atoms with E-state index in [1.165, 1.54) is 11.8 Å². The second kappa shape index (κ2) is 7.38. The number of β-lactam (4-membered cyclic amide) rings is 1. The summed E-state index contributed by atoms with van der Waals surface area (Å²) in [5.41, 5.74) is 0.245. The Hall–Kier alpha value is -2.52. The van der Waals surface area contributed by atoms with Crippen LogP contribution in [0.2, 0.25) is 0 Å². The molecule has 2 N–H and O–H groups in total. The van der Waals surface area contributed by atoms with Crippen LogP contribution in [0.4, 0.5) is 0 Å². The molecule has 0 saturated carbocycles. The van der Waals surface area contributed by atoms with E-state index in [4.69, 9.17) is 16.3 Å². The van der Waals surface area contributed by atoms with E-state index in [0.717, 1.165) is 4.90 Å². The topological polar surface area (TPSA) is 113 Å². The smallest absolute Gasteiger partial charge is 0.353 e. The van der Waals surface area contributed by atoms with Gasteiger partial charge in [-0.2, -0.15) is 0 Å². The number of carbonyl (C=O) groups excluding carboxylic acids is 3. The van der Waals surface area contributed by atoms with Crippen molar-refractivity contribution in [3.63, 3.8) is 0 Å². The van der Waals surface area contributed by atoms with Gasteiger partial charge < -0.3 is 15.2 Å². The Morgan fingerprint density at radius 1 is 1.38 bits per heavy atom. The van der Waals surface area contributed by atoms with Crippen molar-refractivity contribution >= 4 is 47.4 Å². The van der Waals surface area contributed by atoms with Crippen LogP contribution in [-0.2, 0) is 14.4 Å². The number of nitrogens with one attached hydrogen (secondary N) is 1. The number of carboxylic acids is 1. The van der Waals surface area contributed by atoms with E-state index in [9.17, 15) is 24.3 Å². The van der Waals surface area contributed by atoms with Crippen LogP contribution in [0.5, 0.6) is 5.75 Å². The Morgan fingerprint density at radius 3 is 2.69 bits per heavy atom. The van der Waals surface area contributed by atoms with Gasteiger partial charge in [-0.25, -0.2) is 4.79 Å². The quantitative estimate of drug-likeness (QED) is 0.540. The van der Waals surface area contributed by atoms with Gasteiger partial charge in [0.25, 0.3) is 11.8 Å². The number of carboxylic acid groups (broad SMARTS) is 1. The molecular weight excluding hydrogens is 384 g/mol. The van der Waals surface area contributed by atoms with Gasteiger partial charge in [-0.05, 0) is 24.3 Å². The van der Waals surface area contributed by atoms with Gasteiger partial charge in [0.1, 0.15) is 29.1 Å². The number of hydrogen-bond donors (Lipinski definition) is 2. The van der Waals surface area contributed by atoms with E-state index in [2.05, 4.69) is 5.32 Å². The van der Waals surface area contributed by atoms with E-state index < -0.39 is 29.2 Å². The van der Waals surface area contributed by atoms with Crippen molar-refractivity contribution in [3.8, 4) is 5.75 Å². The van der Waals surface area contributed by atoms with E-state index in [-0.39, 0.29) is 23.1 Å². The molecule has 2 heterocycles. The number of nitrogens with zero attached hydrogens (tertiary/aromatic N) is 1. The molecule has 1 aromatic rings. The monoisotopic (exact) mass is 396 g/mol. The van der Waals surface area contributed by atoms with Gasteiger partial charge in [0, 0.05) is 11.3 Å². The predicted molar refractivity (Wildman–Crippen MR) is 92.9 cm³/mol. The Morgan fingerprint density at radius 2 is 2.08 bits per heavy atom. The van der Waals surface area contributed by atoms with Gasteiger partial charge >= 0.3 is 5.97 Å². The molecule has 136 valence electrons. The molecule has 2 atom stereocenters. The Labute approximate surface area is 157 Å². The SMILES string of the molecule is O=Cc1ccc(OCC(=O)N[C@@H]2C(=O)N3C(C(=O)O)=C(Cl)CS[C@H]23)cc1. The second-order valence-corrected chi connectivity index (χ2v) is 7.05. The van der Waals surface area contributed by atoms with Crippen molar-refractivity contribution in [2.24, 2.45) is 0 Å². The summed E-state index contributed by atoms with van der Waals surface area (Å²) in [6, 6.07) is 5.38. The maximum absolute atomic E-state index is 12.2. The summed E-state index contributed by atoms with van der Waals surface area (Å²) in [4.78, 5) is 47.2. The van der Waals surface area contributed by atoms with E-state index in [1.807, 2.05) is 0 Å². The lowest BCUT2D eigenvalue weighted by Crippen LogP contribution is -2.70. The molecule has 0 aliphatic carbocycles. The standard InChI is InChI=1S/C16H13ClN2O6S/c17-10-7-26-15-12(14(22)19(15)13(10)16(23)24)18-11(21)6-25-9-3-1-8(5-20)2-4-9/h1-5,12,15H,6-7H2,(H,18,21)(H,23,24)/t12-,15-/m1/s1. The normalized spacial score (nSPS) is 21.6. The highest BCUT2D eigenvalue weighted by atomic mass is 35.5. The molecule has 3 rings (SSSR count). The summed E-state index contributed by atoms with van der Waals surface area (Å²) in [6.07, 6.45) is 0.693. The van der Waals surface area contributed by atoms with Crippen LogP contribution in [-0.4, -0.2) is 57.9 Å². The zero-order chi connectivity index (χ0) is 18.8. The van der Waals surface area contributed by atoms with Crippen molar-refractivity contribution in [3.05, 3.63) is 40.6 Å². The highest BCUT2D eigenvalue weighted by Crippen LogP contribution is 2.41. The lowest BCUT2D eigenvalue weighted by molar-refractivity contribution is -0.150. The van der Waals surface area contributed by atoms with Crippen molar-refractivity contribution in [2.45, 2.75) is 11.4 Å². The van der Waals surface area contributed by atoms with Gasteiger partial charge in [0.05, 0.1) is 5.03 Å². The summed E-state index contributed by atoms with van der Waals surface area (Å²) in [5, 5.41) is 11.3. The Bertz CT molecular complexity index is 809. The van der Waals surface area contributed by atoms with Gasteiger partial charge in [-0.3, -0.25) is 19.3 Å². The van der Waals surface area contributed by atoms with Crippen LogP contribution in [0, 0.1) is 0 Å². The van der Waals surface area contributed by atoms with E-state index in [1.54, 1.807) is 24.3 Å². The molecule has 0 unspecified atom stereocenters. The van der Waals surface area contributed by atoms with Gasteiger partial charge in [0.15, 0.2) is 6.61 Å². The van der Waals surface area contributed by atoms with Crippen molar-refractivity contribution in [1.29, 1.82) is 0 Å². The number of rotatable bonds is 6. The number of aldehydes is 1. The minimum absolute atomic E-state index is 0.0963. The third-order valence-electron chi connectivity index (χ3n) is 3.83. The maximum Gasteiger partial charge on any atom is 0.353 e. The molecule has 0 aromatic heterocycles. The summed E-state index contributed by atoms with van der Waals surface area (Å²) in [6.45, 7) is -0.315. The largest absolute Gasteiger partial charge is 0.484 e. The third kappa shape index (κ3) is 3.40. The van der Waals surface area contributed by atoms with Gasteiger partial charge in [-0.1, -0.05) is 11.6 Å². The first-order chi connectivity index (χ1) is 12.4. The van der Waals surface area contributed by atoms with Crippen LogP contribution in [0.1, 0.15) is 10.4 Å². The maximum atomic E-state index is 12.2. The number of ether oxygens (including phenoxy) is 1. The number of benzene rings is 1. The van der Waals surface area contributed by atoms with Crippen LogP contribution < -0.4 is 10.1 Å². The summed E-state index contributed by atoms with van der Waals surface area (Å²) >= 11 is 7.16. The highest BCUT2D eigenvalue weighted by Gasteiger charge is 2.54. The average molecular weight is 397 g/mol. The predicted octanol–water partition coefficient (Wildman–Crippen LogP) is 0.813. The van der Waals surface area contributed by atoms with Crippen LogP contribution >= 0.6 is 23.4 Å². The molecule has 10 heteroatoms. The van der Waals surface area contributed by atoms with Gasteiger partial charge in [0.2, 0.25) is 0 Å². The molecule has 2 amide bonds. The molecule has 1 fully saturated rings. The average Bonchev–Trinajstić information content (AvgIpc) is 2.64. The first kappa shape index (κ1) is 18.3. The number of carbonyl (C=O) groups is 4. The zero-order valence-corrected chi connectivity index (χ0v) is 14.7. The zero-order valence-electron chi connectivity index (χ0n) is 13.2. The molecule has 1 saturated heterocycles. The fourth-order valence-corrected chi connectivity index (χ4v) is 4.14. The van der Waals surface area contributed by atoms with Gasteiger partial charge in [-0.15, -0.1) is 11.8 Å². The van der Waals surface area contributed by atoms with E-state index >= 15 is 0 Å². The fourth-order valence-electron chi connectivity index (χ4n) is 2.59. The second-order valence-electron chi connectivity index (χ2n) is 5.49. The number of aliphatic carboxylic acids is 1. The third-order valence-corrected chi connectivity index (χ3v) is 5.58. The van der Waals surface area contributed by atoms with E-state index in [0.29, 0.717) is 17.6 Å². The van der Waals surface area contributed by atoms with Crippen LogP contribution in [0.15, 0.2) is 35.0 Å². The number of thioether (sulfide) groups is 1. The van der Waals surface area contributed by atoms with Crippen LogP contribution in [0.25, 0.3) is 0 Å². The minimum atomic E-state index is -1.28. The van der Waals surface area contributed by atoms with Crippen molar-refractivity contribution in [1.82, 2.24) is 10.2 Å². The molecule has 1 aromatic carbocycles. The summed E-state index contributed by atoms with van der Waals surface area (Å²) in [5.74, 6) is -1.66.